The molecular formula is C18H23N3O2S. The highest BCUT2D eigenvalue weighted by Gasteiger charge is 2.20. The van der Waals surface area contributed by atoms with Crippen LogP contribution in [0.3, 0.4) is 0 Å². The van der Waals surface area contributed by atoms with E-state index >= 15 is 0 Å². The summed E-state index contributed by atoms with van der Waals surface area (Å²) in [4.78, 5) is 4.59. The van der Waals surface area contributed by atoms with Gasteiger partial charge in [-0.15, -0.1) is 0 Å². The highest BCUT2D eigenvalue weighted by Crippen LogP contribution is 2.24. The second kappa shape index (κ2) is 8.17. The van der Waals surface area contributed by atoms with Gasteiger partial charge in [0.25, 0.3) is 0 Å². The molecule has 0 spiro atoms. The van der Waals surface area contributed by atoms with E-state index in [0.29, 0.717) is 6.61 Å². The van der Waals surface area contributed by atoms with Crippen molar-refractivity contribution in [3.8, 4) is 5.75 Å². The van der Waals surface area contributed by atoms with Gasteiger partial charge < -0.3 is 19.4 Å². The topological polar surface area (TPSA) is 40.9 Å². The minimum atomic E-state index is 0.636. The van der Waals surface area contributed by atoms with Gasteiger partial charge in [-0.3, -0.25) is 4.90 Å². The quantitative estimate of drug-likeness (QED) is 0.840. The first-order valence-corrected chi connectivity index (χ1v) is 8.69. The van der Waals surface area contributed by atoms with Crippen molar-refractivity contribution in [1.29, 1.82) is 0 Å². The molecule has 2 aromatic rings. The second-order valence-electron chi connectivity index (χ2n) is 5.70. The minimum Gasteiger partial charge on any atom is -0.492 e. The number of piperazine rings is 1. The van der Waals surface area contributed by atoms with Crippen molar-refractivity contribution in [2.75, 3.05) is 38.1 Å². The molecule has 0 bridgehead atoms. The smallest absolute Gasteiger partial charge is 0.173 e. The van der Waals surface area contributed by atoms with Crippen LogP contribution in [0.4, 0.5) is 5.69 Å². The Bertz CT molecular complexity index is 652. The summed E-state index contributed by atoms with van der Waals surface area (Å²) in [6.45, 7) is 7.22. The largest absolute Gasteiger partial charge is 0.492 e. The molecule has 2 heterocycles. The lowest BCUT2D eigenvalue weighted by Gasteiger charge is -2.35. The fourth-order valence-corrected chi connectivity index (χ4v) is 3.07. The summed E-state index contributed by atoms with van der Waals surface area (Å²) >= 11 is 5.58. The zero-order chi connectivity index (χ0) is 16.8. The van der Waals surface area contributed by atoms with E-state index in [1.165, 1.54) is 0 Å². The van der Waals surface area contributed by atoms with Crippen molar-refractivity contribution in [3.05, 3.63) is 48.4 Å². The van der Waals surface area contributed by atoms with Crippen LogP contribution < -0.4 is 10.1 Å². The van der Waals surface area contributed by atoms with Gasteiger partial charge >= 0.3 is 0 Å². The molecule has 0 radical (unpaired) electrons. The lowest BCUT2D eigenvalue weighted by atomic mass is 10.3. The zero-order valence-electron chi connectivity index (χ0n) is 13.9. The van der Waals surface area contributed by atoms with Gasteiger partial charge in [0, 0.05) is 26.2 Å². The van der Waals surface area contributed by atoms with Crippen molar-refractivity contribution in [2.45, 2.75) is 13.5 Å². The van der Waals surface area contributed by atoms with E-state index in [2.05, 4.69) is 15.1 Å². The number of rotatable bonds is 5. The lowest BCUT2D eigenvalue weighted by Crippen LogP contribution is -2.49. The van der Waals surface area contributed by atoms with E-state index in [0.717, 1.165) is 55.0 Å². The molecule has 6 heteroatoms. The summed E-state index contributed by atoms with van der Waals surface area (Å²) in [6, 6.07) is 11.8. The van der Waals surface area contributed by atoms with Gasteiger partial charge in [-0.25, -0.2) is 0 Å². The first kappa shape index (κ1) is 16.8. The Hall–Kier alpha value is -2.05. The number of thiocarbonyl (C=S) groups is 1. The summed E-state index contributed by atoms with van der Waals surface area (Å²) in [7, 11) is 0. The average molecular weight is 345 g/mol. The predicted octanol–water partition coefficient (Wildman–Crippen LogP) is 3.19. The Kier molecular flexibility index (Phi) is 5.72. The monoisotopic (exact) mass is 345 g/mol. The lowest BCUT2D eigenvalue weighted by molar-refractivity contribution is 0.166. The summed E-state index contributed by atoms with van der Waals surface area (Å²) in [5, 5.41) is 4.07. The normalized spacial score (nSPS) is 15.3. The molecule has 1 aromatic heterocycles. The SMILES string of the molecule is CCOc1ccccc1NC(=S)N1CCN(Cc2ccco2)CC1. The number of benzene rings is 1. The molecule has 128 valence electrons. The molecule has 0 saturated carbocycles. The van der Waals surface area contributed by atoms with Gasteiger partial charge in [-0.1, -0.05) is 12.1 Å². The maximum atomic E-state index is 5.64. The van der Waals surface area contributed by atoms with Crippen LogP contribution in [0.25, 0.3) is 0 Å². The fourth-order valence-electron chi connectivity index (χ4n) is 2.78. The number of hydrogen-bond donors (Lipinski definition) is 1. The molecule has 1 aliphatic heterocycles. The van der Waals surface area contributed by atoms with E-state index in [4.69, 9.17) is 21.4 Å². The van der Waals surface area contributed by atoms with Crippen molar-refractivity contribution < 1.29 is 9.15 Å². The molecule has 1 N–H and O–H groups in total. The van der Waals surface area contributed by atoms with Crippen LogP contribution in [0.5, 0.6) is 5.75 Å². The van der Waals surface area contributed by atoms with E-state index in [9.17, 15) is 0 Å². The highest BCUT2D eigenvalue weighted by molar-refractivity contribution is 7.80. The van der Waals surface area contributed by atoms with Crippen LogP contribution in [0.15, 0.2) is 47.1 Å². The third-order valence-corrected chi connectivity index (χ3v) is 4.41. The number of para-hydroxylation sites is 2. The van der Waals surface area contributed by atoms with Crippen LogP contribution >= 0.6 is 12.2 Å². The van der Waals surface area contributed by atoms with Crippen molar-refractivity contribution in [1.82, 2.24) is 9.80 Å². The van der Waals surface area contributed by atoms with Crippen molar-refractivity contribution in [3.63, 3.8) is 0 Å². The summed E-state index contributed by atoms with van der Waals surface area (Å²) in [5.74, 6) is 1.84. The molecule has 1 fully saturated rings. The zero-order valence-corrected chi connectivity index (χ0v) is 14.7. The summed E-state index contributed by atoms with van der Waals surface area (Å²) < 4.78 is 11.1. The number of nitrogens with zero attached hydrogens (tertiary/aromatic N) is 2. The maximum absolute atomic E-state index is 5.64. The van der Waals surface area contributed by atoms with Crippen LogP contribution in [-0.4, -0.2) is 47.7 Å². The molecule has 1 saturated heterocycles. The number of anilines is 1. The summed E-state index contributed by atoms with van der Waals surface area (Å²) in [6.07, 6.45) is 1.72. The van der Waals surface area contributed by atoms with Gasteiger partial charge in [-0.2, -0.15) is 0 Å². The Morgan fingerprint density at radius 1 is 1.17 bits per heavy atom. The third kappa shape index (κ3) is 4.27. The van der Waals surface area contributed by atoms with E-state index in [-0.39, 0.29) is 0 Å². The van der Waals surface area contributed by atoms with Gasteiger partial charge in [0.15, 0.2) is 5.11 Å². The number of furan rings is 1. The molecule has 5 nitrogen and oxygen atoms in total. The molecule has 0 atom stereocenters. The van der Waals surface area contributed by atoms with Crippen LogP contribution in [0.2, 0.25) is 0 Å². The standard InChI is InChI=1S/C18H23N3O2S/c1-2-22-17-8-4-3-7-16(17)19-18(24)21-11-9-20(10-12-21)14-15-6-5-13-23-15/h3-8,13H,2,9-12,14H2,1H3,(H,19,24). The van der Waals surface area contributed by atoms with Gasteiger partial charge in [-0.05, 0) is 43.4 Å². The van der Waals surface area contributed by atoms with Crippen LogP contribution in [0, 0.1) is 0 Å². The molecule has 0 unspecified atom stereocenters. The molecule has 1 aromatic carbocycles. The number of ether oxygens (including phenoxy) is 1. The van der Waals surface area contributed by atoms with Gasteiger partial charge in [0.05, 0.1) is 25.1 Å². The van der Waals surface area contributed by atoms with Gasteiger partial charge in [0.1, 0.15) is 11.5 Å². The van der Waals surface area contributed by atoms with Crippen LogP contribution in [-0.2, 0) is 6.54 Å². The van der Waals surface area contributed by atoms with Crippen molar-refractivity contribution >= 4 is 23.0 Å². The van der Waals surface area contributed by atoms with E-state index < -0.39 is 0 Å². The molecular weight excluding hydrogens is 322 g/mol. The molecule has 0 amide bonds. The van der Waals surface area contributed by atoms with Gasteiger partial charge in [0.2, 0.25) is 0 Å². The maximum Gasteiger partial charge on any atom is 0.173 e. The second-order valence-corrected chi connectivity index (χ2v) is 6.09. The average Bonchev–Trinajstić information content (AvgIpc) is 3.10. The van der Waals surface area contributed by atoms with Crippen molar-refractivity contribution in [2.24, 2.45) is 0 Å². The van der Waals surface area contributed by atoms with Crippen LogP contribution in [0.1, 0.15) is 12.7 Å². The number of nitrogens with one attached hydrogen (secondary N) is 1. The van der Waals surface area contributed by atoms with E-state index in [1.807, 2.05) is 43.3 Å². The molecule has 1 aliphatic rings. The summed E-state index contributed by atoms with van der Waals surface area (Å²) in [5.41, 5.74) is 0.919. The highest BCUT2D eigenvalue weighted by atomic mass is 32.1. The third-order valence-electron chi connectivity index (χ3n) is 4.05. The first-order chi connectivity index (χ1) is 11.8. The Balaban J connectivity index is 1.52. The predicted molar refractivity (Wildman–Crippen MR) is 99.4 cm³/mol. The Labute approximate surface area is 148 Å². The van der Waals surface area contributed by atoms with E-state index in [1.54, 1.807) is 6.26 Å². The molecule has 24 heavy (non-hydrogen) atoms. The fraction of sp³-hybridized carbons (Fsp3) is 0.389. The molecule has 0 aliphatic carbocycles. The Morgan fingerprint density at radius 2 is 1.96 bits per heavy atom. The number of hydrogen-bond acceptors (Lipinski definition) is 4. The molecule has 3 rings (SSSR count). The Morgan fingerprint density at radius 3 is 2.67 bits per heavy atom. The minimum absolute atomic E-state index is 0.636. The first-order valence-electron chi connectivity index (χ1n) is 8.28.